The maximum absolute atomic E-state index is 12.0. The monoisotopic (exact) mass is 343 g/mol. The number of thiazole rings is 1. The smallest absolute Gasteiger partial charge is 0.275 e. The predicted molar refractivity (Wildman–Crippen MR) is 93.7 cm³/mol. The molecule has 2 aromatic rings. The molecule has 0 bridgehead atoms. The highest BCUT2D eigenvalue weighted by Crippen LogP contribution is 2.16. The molecule has 1 aromatic carbocycles. The van der Waals surface area contributed by atoms with Gasteiger partial charge in [0, 0.05) is 23.2 Å². The van der Waals surface area contributed by atoms with Crippen molar-refractivity contribution >= 4 is 47.1 Å². The van der Waals surface area contributed by atoms with Crippen LogP contribution in [0.3, 0.4) is 0 Å². The maximum atomic E-state index is 12.0. The van der Waals surface area contributed by atoms with Gasteiger partial charge in [0.1, 0.15) is 5.69 Å². The molecule has 2 rings (SSSR count). The lowest BCUT2D eigenvalue weighted by atomic mass is 10.2. The molecule has 1 amide bonds. The van der Waals surface area contributed by atoms with Crippen molar-refractivity contribution in [3.05, 3.63) is 45.9 Å². The van der Waals surface area contributed by atoms with Crippen molar-refractivity contribution in [3.63, 3.8) is 0 Å². The normalized spacial score (nSPS) is 10.0. The lowest BCUT2D eigenvalue weighted by Crippen LogP contribution is -2.12. The zero-order valence-corrected chi connectivity index (χ0v) is 14.1. The summed E-state index contributed by atoms with van der Waals surface area (Å²) in [7, 11) is 0. The average Bonchev–Trinajstić information content (AvgIpc) is 2.90. The first-order valence-electron chi connectivity index (χ1n) is 6.26. The molecule has 7 heteroatoms. The van der Waals surface area contributed by atoms with E-state index in [2.05, 4.69) is 16.6 Å². The fourth-order valence-electron chi connectivity index (χ4n) is 1.70. The van der Waals surface area contributed by atoms with Crippen molar-refractivity contribution in [2.45, 2.75) is 12.2 Å². The fraction of sp³-hybridized carbons (Fsp3) is 0.286. The highest BCUT2D eigenvalue weighted by molar-refractivity contribution is 7.97. The van der Waals surface area contributed by atoms with Crippen molar-refractivity contribution in [1.82, 2.24) is 4.98 Å². The van der Waals surface area contributed by atoms with Crippen LogP contribution in [0.4, 0.5) is 5.69 Å². The number of nitrogens with one attached hydrogen (secondary N) is 1. The summed E-state index contributed by atoms with van der Waals surface area (Å²) in [6.45, 7) is 0.547. The van der Waals surface area contributed by atoms with Gasteiger partial charge in [-0.05, 0) is 30.5 Å². The molecule has 1 aromatic heterocycles. The molecule has 0 radical (unpaired) electrons. The molecule has 0 aliphatic rings. The SMILES string of the molecule is CSCc1ccc(NC(=O)c2csc(CCN)n2)cc1.Cl. The summed E-state index contributed by atoms with van der Waals surface area (Å²) in [6, 6.07) is 7.87. The molecule has 0 aliphatic heterocycles. The molecule has 0 fully saturated rings. The Hall–Kier alpha value is -1.08. The molecule has 0 aliphatic carbocycles. The minimum Gasteiger partial charge on any atom is -0.330 e. The highest BCUT2D eigenvalue weighted by atomic mass is 35.5. The third-order valence-electron chi connectivity index (χ3n) is 2.67. The van der Waals surface area contributed by atoms with E-state index in [1.54, 1.807) is 17.1 Å². The summed E-state index contributed by atoms with van der Waals surface area (Å²) in [5.41, 5.74) is 7.95. The van der Waals surface area contributed by atoms with Gasteiger partial charge in [0.15, 0.2) is 0 Å². The van der Waals surface area contributed by atoms with Crippen LogP contribution in [0.5, 0.6) is 0 Å². The van der Waals surface area contributed by atoms with E-state index in [1.807, 2.05) is 24.3 Å². The molecular weight excluding hydrogens is 326 g/mol. The van der Waals surface area contributed by atoms with Crippen LogP contribution in [0.1, 0.15) is 21.1 Å². The van der Waals surface area contributed by atoms with Crippen molar-refractivity contribution in [2.75, 3.05) is 18.1 Å². The maximum Gasteiger partial charge on any atom is 0.275 e. The van der Waals surface area contributed by atoms with Crippen LogP contribution in [0, 0.1) is 0 Å². The quantitative estimate of drug-likeness (QED) is 0.845. The number of benzene rings is 1. The summed E-state index contributed by atoms with van der Waals surface area (Å²) in [6.07, 6.45) is 2.78. The van der Waals surface area contributed by atoms with Gasteiger partial charge in [-0.1, -0.05) is 12.1 Å². The number of nitrogens with zero attached hydrogens (tertiary/aromatic N) is 1. The Labute approximate surface area is 139 Å². The number of hydrogen-bond donors (Lipinski definition) is 2. The molecule has 0 spiro atoms. The van der Waals surface area contributed by atoms with Crippen LogP contribution < -0.4 is 11.1 Å². The van der Waals surface area contributed by atoms with Crippen molar-refractivity contribution < 1.29 is 4.79 Å². The van der Waals surface area contributed by atoms with Gasteiger partial charge < -0.3 is 11.1 Å². The lowest BCUT2D eigenvalue weighted by Gasteiger charge is -2.04. The van der Waals surface area contributed by atoms with E-state index in [4.69, 9.17) is 5.73 Å². The number of rotatable bonds is 6. The number of amides is 1. The van der Waals surface area contributed by atoms with Crippen LogP contribution in [0.15, 0.2) is 29.6 Å². The van der Waals surface area contributed by atoms with E-state index < -0.39 is 0 Å². The standard InChI is InChI=1S/C14H17N3OS2.ClH/c1-19-8-10-2-4-11(5-3-10)16-14(18)12-9-20-13(17-12)6-7-15;/h2-5,9H,6-8,15H2,1H3,(H,16,18);1H. The number of thioether (sulfide) groups is 1. The van der Waals surface area contributed by atoms with E-state index in [0.29, 0.717) is 18.7 Å². The van der Waals surface area contributed by atoms with Gasteiger partial charge in [-0.25, -0.2) is 4.98 Å². The first kappa shape index (κ1) is 18.0. The Morgan fingerprint density at radius 1 is 1.38 bits per heavy atom. The second-order valence-corrected chi connectivity index (χ2v) is 6.06. The molecular formula is C14H18ClN3OS2. The van der Waals surface area contributed by atoms with Crippen molar-refractivity contribution in [3.8, 4) is 0 Å². The first-order chi connectivity index (χ1) is 9.72. The molecule has 114 valence electrons. The molecule has 0 saturated carbocycles. The highest BCUT2D eigenvalue weighted by Gasteiger charge is 2.10. The average molecular weight is 344 g/mol. The second-order valence-electron chi connectivity index (χ2n) is 4.25. The Balaban J connectivity index is 0.00000220. The largest absolute Gasteiger partial charge is 0.330 e. The van der Waals surface area contributed by atoms with Gasteiger partial charge in [-0.15, -0.1) is 23.7 Å². The predicted octanol–water partition coefficient (Wildman–Crippen LogP) is 3.18. The van der Waals surface area contributed by atoms with Gasteiger partial charge in [0.25, 0.3) is 5.91 Å². The van der Waals surface area contributed by atoms with Crippen molar-refractivity contribution in [1.29, 1.82) is 0 Å². The van der Waals surface area contributed by atoms with E-state index in [-0.39, 0.29) is 18.3 Å². The Morgan fingerprint density at radius 3 is 2.71 bits per heavy atom. The minimum absolute atomic E-state index is 0. The van der Waals surface area contributed by atoms with E-state index in [0.717, 1.165) is 16.4 Å². The number of hydrogen-bond acceptors (Lipinski definition) is 5. The third-order valence-corrected chi connectivity index (χ3v) is 4.20. The Bertz CT molecular complexity index is 572. The van der Waals surface area contributed by atoms with Crippen LogP contribution in [0.25, 0.3) is 0 Å². The van der Waals surface area contributed by atoms with Gasteiger partial charge in [-0.2, -0.15) is 11.8 Å². The van der Waals surface area contributed by atoms with Gasteiger partial charge in [0.05, 0.1) is 5.01 Å². The Kier molecular flexibility index (Phi) is 7.74. The summed E-state index contributed by atoms with van der Waals surface area (Å²) in [4.78, 5) is 16.3. The molecule has 21 heavy (non-hydrogen) atoms. The summed E-state index contributed by atoms with van der Waals surface area (Å²) >= 11 is 3.24. The number of carbonyl (C=O) groups is 1. The summed E-state index contributed by atoms with van der Waals surface area (Å²) in [5.74, 6) is 0.796. The number of nitrogens with two attached hydrogens (primary N) is 1. The lowest BCUT2D eigenvalue weighted by molar-refractivity contribution is 0.102. The van der Waals surface area contributed by atoms with Crippen LogP contribution in [-0.2, 0) is 12.2 Å². The second kappa shape index (κ2) is 9.04. The van der Waals surface area contributed by atoms with Crippen LogP contribution in [0.2, 0.25) is 0 Å². The zero-order valence-electron chi connectivity index (χ0n) is 11.7. The molecule has 0 unspecified atom stereocenters. The number of aromatic nitrogens is 1. The van der Waals surface area contributed by atoms with Gasteiger partial charge in [0.2, 0.25) is 0 Å². The molecule has 4 nitrogen and oxygen atoms in total. The van der Waals surface area contributed by atoms with Crippen molar-refractivity contribution in [2.24, 2.45) is 5.73 Å². The van der Waals surface area contributed by atoms with E-state index in [1.165, 1.54) is 16.9 Å². The van der Waals surface area contributed by atoms with Gasteiger partial charge in [-0.3, -0.25) is 4.79 Å². The molecule has 0 saturated heterocycles. The molecule has 0 atom stereocenters. The zero-order chi connectivity index (χ0) is 14.4. The Morgan fingerprint density at radius 2 is 2.10 bits per heavy atom. The fourth-order valence-corrected chi connectivity index (χ4v) is 3.02. The summed E-state index contributed by atoms with van der Waals surface area (Å²) in [5, 5.41) is 5.51. The molecule has 1 heterocycles. The van der Waals surface area contributed by atoms with E-state index in [9.17, 15) is 4.79 Å². The minimum atomic E-state index is -0.179. The summed E-state index contributed by atoms with van der Waals surface area (Å²) < 4.78 is 0. The third kappa shape index (κ3) is 5.32. The number of carbonyl (C=O) groups excluding carboxylic acids is 1. The number of halogens is 1. The van der Waals surface area contributed by atoms with Gasteiger partial charge >= 0.3 is 0 Å². The number of anilines is 1. The molecule has 3 N–H and O–H groups in total. The van der Waals surface area contributed by atoms with Crippen LogP contribution in [-0.4, -0.2) is 23.7 Å². The topological polar surface area (TPSA) is 68.0 Å². The van der Waals surface area contributed by atoms with Crippen LogP contribution >= 0.6 is 35.5 Å². The van der Waals surface area contributed by atoms with E-state index >= 15 is 0 Å². The first-order valence-corrected chi connectivity index (χ1v) is 8.54.